The lowest BCUT2D eigenvalue weighted by Gasteiger charge is -2.40. The van der Waals surface area contributed by atoms with Crippen LogP contribution in [0.3, 0.4) is 0 Å². The molecule has 122 valence electrons. The molecule has 0 spiro atoms. The fraction of sp³-hybridized carbons (Fsp3) is 0.867. The largest absolute Gasteiger partial charge is 0.444 e. The molecule has 0 aliphatic heterocycles. The van der Waals surface area contributed by atoms with Crippen LogP contribution in [0.2, 0.25) is 0 Å². The van der Waals surface area contributed by atoms with E-state index in [1.54, 1.807) is 4.90 Å². The summed E-state index contributed by atoms with van der Waals surface area (Å²) in [6, 6.07) is -0.0664. The Morgan fingerprint density at radius 2 is 1.90 bits per heavy atom. The van der Waals surface area contributed by atoms with Gasteiger partial charge in [-0.3, -0.25) is 4.79 Å². The van der Waals surface area contributed by atoms with Gasteiger partial charge in [-0.2, -0.15) is 0 Å². The fourth-order valence-corrected chi connectivity index (χ4v) is 2.79. The number of nitrogens with one attached hydrogen (secondary N) is 1. The number of nitrogens with zero attached hydrogens (tertiary/aromatic N) is 1. The number of ether oxygens (including phenoxy) is 1. The molecule has 0 aromatic carbocycles. The van der Waals surface area contributed by atoms with Crippen molar-refractivity contribution in [2.75, 3.05) is 12.4 Å². The molecule has 2 amide bonds. The molecule has 0 aromatic heterocycles. The van der Waals surface area contributed by atoms with Crippen molar-refractivity contribution in [2.24, 2.45) is 0 Å². The second kappa shape index (κ2) is 7.87. The molecule has 2 unspecified atom stereocenters. The highest BCUT2D eigenvalue weighted by atomic mass is 35.5. The predicted octanol–water partition coefficient (Wildman–Crippen LogP) is 2.91. The zero-order valence-corrected chi connectivity index (χ0v) is 14.2. The summed E-state index contributed by atoms with van der Waals surface area (Å²) in [6.45, 7) is 8.05. The topological polar surface area (TPSA) is 58.6 Å². The summed E-state index contributed by atoms with van der Waals surface area (Å²) in [4.78, 5) is 25.6. The van der Waals surface area contributed by atoms with Gasteiger partial charge >= 0.3 is 6.09 Å². The highest BCUT2D eigenvalue weighted by Crippen LogP contribution is 2.25. The number of halogens is 1. The van der Waals surface area contributed by atoms with Crippen molar-refractivity contribution in [2.45, 2.75) is 71.1 Å². The summed E-state index contributed by atoms with van der Waals surface area (Å²) in [5, 5.41) is 2.93. The number of carbonyl (C=O) groups excluding carboxylic acids is 2. The van der Waals surface area contributed by atoms with E-state index in [1.807, 2.05) is 27.7 Å². The van der Waals surface area contributed by atoms with Crippen LogP contribution in [-0.4, -0.2) is 47.0 Å². The quantitative estimate of drug-likeness (QED) is 0.811. The molecule has 1 N–H and O–H groups in total. The highest BCUT2D eigenvalue weighted by molar-refractivity contribution is 6.27. The summed E-state index contributed by atoms with van der Waals surface area (Å²) in [5.41, 5.74) is -0.520. The first-order valence-electron chi connectivity index (χ1n) is 7.63. The Labute approximate surface area is 132 Å². The van der Waals surface area contributed by atoms with E-state index in [9.17, 15) is 9.59 Å². The zero-order chi connectivity index (χ0) is 16.0. The van der Waals surface area contributed by atoms with Gasteiger partial charge in [-0.15, -0.1) is 11.6 Å². The maximum absolute atomic E-state index is 12.4. The van der Waals surface area contributed by atoms with Gasteiger partial charge < -0.3 is 15.0 Å². The maximum atomic E-state index is 12.4. The lowest BCUT2D eigenvalue weighted by Crippen LogP contribution is -2.56. The molecule has 6 heteroatoms. The SMILES string of the molecule is CCN(C(=O)OC(C)(C)C)C1CCCCC1NC(=O)CCl. The van der Waals surface area contributed by atoms with Crippen molar-refractivity contribution in [3.05, 3.63) is 0 Å². The minimum absolute atomic E-state index is 0.0224. The number of alkyl halides is 1. The third-order valence-electron chi connectivity index (χ3n) is 3.57. The second-order valence-corrected chi connectivity index (χ2v) is 6.69. The Kier molecular flexibility index (Phi) is 6.78. The third-order valence-corrected chi connectivity index (χ3v) is 3.81. The van der Waals surface area contributed by atoms with Gasteiger partial charge in [0.25, 0.3) is 0 Å². The lowest BCUT2D eigenvalue weighted by atomic mass is 9.89. The standard InChI is InChI=1S/C15H27ClN2O3/c1-5-18(14(20)21-15(2,3)4)12-9-7-6-8-11(12)17-13(19)10-16/h11-12H,5-10H2,1-4H3,(H,17,19). The molecular weight excluding hydrogens is 292 g/mol. The minimum atomic E-state index is -0.520. The van der Waals surface area contributed by atoms with Crippen LogP contribution >= 0.6 is 11.6 Å². The molecule has 0 bridgehead atoms. The molecule has 0 saturated heterocycles. The van der Waals surface area contributed by atoms with E-state index >= 15 is 0 Å². The average molecular weight is 319 g/mol. The third kappa shape index (κ3) is 5.73. The number of hydrogen-bond donors (Lipinski definition) is 1. The Balaban J connectivity index is 2.79. The van der Waals surface area contributed by atoms with Gasteiger partial charge in [-0.1, -0.05) is 12.8 Å². The molecule has 0 radical (unpaired) electrons. The first-order valence-corrected chi connectivity index (χ1v) is 8.17. The van der Waals surface area contributed by atoms with Crippen LogP contribution in [0.4, 0.5) is 4.79 Å². The predicted molar refractivity (Wildman–Crippen MR) is 83.5 cm³/mol. The molecule has 0 aromatic rings. The summed E-state index contributed by atoms with van der Waals surface area (Å²) in [6.07, 6.45) is 3.53. The van der Waals surface area contributed by atoms with Crippen LogP contribution in [0.1, 0.15) is 53.4 Å². The fourth-order valence-electron chi connectivity index (χ4n) is 2.72. The Morgan fingerprint density at radius 1 is 1.29 bits per heavy atom. The monoisotopic (exact) mass is 318 g/mol. The van der Waals surface area contributed by atoms with Crippen LogP contribution < -0.4 is 5.32 Å². The maximum Gasteiger partial charge on any atom is 0.410 e. The molecule has 1 aliphatic carbocycles. The normalized spacial score (nSPS) is 22.5. The zero-order valence-electron chi connectivity index (χ0n) is 13.4. The molecule has 0 heterocycles. The average Bonchev–Trinajstić information content (AvgIpc) is 2.39. The van der Waals surface area contributed by atoms with Crippen molar-refractivity contribution in [1.29, 1.82) is 0 Å². The van der Waals surface area contributed by atoms with Crippen molar-refractivity contribution in [1.82, 2.24) is 10.2 Å². The minimum Gasteiger partial charge on any atom is -0.444 e. The van der Waals surface area contributed by atoms with E-state index in [0.29, 0.717) is 6.54 Å². The number of rotatable bonds is 4. The number of hydrogen-bond acceptors (Lipinski definition) is 3. The lowest BCUT2D eigenvalue weighted by molar-refractivity contribution is -0.120. The Hall–Kier alpha value is -0.970. The summed E-state index contributed by atoms with van der Waals surface area (Å²) in [7, 11) is 0. The molecule has 1 saturated carbocycles. The van der Waals surface area contributed by atoms with Crippen molar-refractivity contribution < 1.29 is 14.3 Å². The first kappa shape index (κ1) is 18.1. The van der Waals surface area contributed by atoms with E-state index in [-0.39, 0.29) is 30.0 Å². The van der Waals surface area contributed by atoms with Crippen LogP contribution in [-0.2, 0) is 9.53 Å². The van der Waals surface area contributed by atoms with E-state index in [2.05, 4.69) is 5.32 Å². The van der Waals surface area contributed by atoms with Gasteiger partial charge in [-0.05, 0) is 40.5 Å². The van der Waals surface area contributed by atoms with Crippen LogP contribution in [0, 0.1) is 0 Å². The Bertz CT molecular complexity index is 368. The molecular formula is C15H27ClN2O3. The highest BCUT2D eigenvalue weighted by Gasteiger charge is 2.34. The van der Waals surface area contributed by atoms with E-state index < -0.39 is 5.60 Å². The van der Waals surface area contributed by atoms with Gasteiger partial charge in [0.2, 0.25) is 5.91 Å². The summed E-state index contributed by atoms with van der Waals surface area (Å²) < 4.78 is 5.47. The smallest absolute Gasteiger partial charge is 0.410 e. The van der Waals surface area contributed by atoms with Crippen LogP contribution in [0.25, 0.3) is 0 Å². The van der Waals surface area contributed by atoms with Crippen molar-refractivity contribution >= 4 is 23.6 Å². The van der Waals surface area contributed by atoms with Gasteiger partial charge in [-0.25, -0.2) is 4.79 Å². The molecule has 2 atom stereocenters. The van der Waals surface area contributed by atoms with Gasteiger partial charge in [0.15, 0.2) is 0 Å². The van der Waals surface area contributed by atoms with Crippen molar-refractivity contribution in [3.8, 4) is 0 Å². The number of carbonyl (C=O) groups is 2. The number of likely N-dealkylation sites (N-methyl/N-ethyl adjacent to an activating group) is 1. The van der Waals surface area contributed by atoms with E-state index in [4.69, 9.17) is 16.3 Å². The molecule has 1 rings (SSSR count). The molecule has 1 fully saturated rings. The van der Waals surface area contributed by atoms with E-state index in [0.717, 1.165) is 25.7 Å². The summed E-state index contributed by atoms with van der Waals surface area (Å²) >= 11 is 5.56. The van der Waals surface area contributed by atoms with Gasteiger partial charge in [0.1, 0.15) is 11.5 Å². The molecule has 1 aliphatic rings. The second-order valence-electron chi connectivity index (χ2n) is 6.43. The molecule has 5 nitrogen and oxygen atoms in total. The molecule has 21 heavy (non-hydrogen) atoms. The van der Waals surface area contributed by atoms with E-state index in [1.165, 1.54) is 0 Å². The van der Waals surface area contributed by atoms with Gasteiger partial charge in [0.05, 0.1) is 6.04 Å². The summed E-state index contributed by atoms with van der Waals surface area (Å²) in [5.74, 6) is -0.240. The van der Waals surface area contributed by atoms with Gasteiger partial charge in [0, 0.05) is 12.6 Å². The van der Waals surface area contributed by atoms with Crippen LogP contribution in [0.15, 0.2) is 0 Å². The number of amides is 2. The first-order chi connectivity index (χ1) is 9.78. The van der Waals surface area contributed by atoms with Crippen molar-refractivity contribution in [3.63, 3.8) is 0 Å². The Morgan fingerprint density at radius 3 is 2.43 bits per heavy atom. The van der Waals surface area contributed by atoms with Crippen LogP contribution in [0.5, 0.6) is 0 Å².